The molecule has 17 heavy (non-hydrogen) atoms. The Morgan fingerprint density at radius 1 is 1.29 bits per heavy atom. The van der Waals surface area contributed by atoms with Crippen LogP contribution < -0.4 is 11.1 Å². The molecule has 0 radical (unpaired) electrons. The number of rotatable bonds is 2. The number of anilines is 2. The molecule has 94 valence electrons. The summed E-state index contributed by atoms with van der Waals surface area (Å²) in [7, 11) is 0. The summed E-state index contributed by atoms with van der Waals surface area (Å²) >= 11 is 5.77. The van der Waals surface area contributed by atoms with Crippen molar-refractivity contribution < 1.29 is 0 Å². The van der Waals surface area contributed by atoms with E-state index in [1.54, 1.807) is 6.20 Å². The number of nitrogens with two attached hydrogens (primary N) is 1. The number of hydrogen-bond donors (Lipinski definition) is 2. The maximum Gasteiger partial charge on any atom is 0.224 e. The van der Waals surface area contributed by atoms with Gasteiger partial charge >= 0.3 is 0 Å². The van der Waals surface area contributed by atoms with Gasteiger partial charge in [0.2, 0.25) is 5.28 Å². The highest BCUT2D eigenvalue weighted by Crippen LogP contribution is 2.31. The Morgan fingerprint density at radius 3 is 2.59 bits per heavy atom. The highest BCUT2D eigenvalue weighted by molar-refractivity contribution is 6.28. The molecular weight excluding hydrogens is 236 g/mol. The van der Waals surface area contributed by atoms with Gasteiger partial charge in [-0.2, -0.15) is 4.98 Å². The lowest BCUT2D eigenvalue weighted by atomic mass is 9.80. The van der Waals surface area contributed by atoms with Crippen LogP contribution >= 0.6 is 11.6 Å². The fourth-order valence-electron chi connectivity index (χ4n) is 2.74. The van der Waals surface area contributed by atoms with E-state index in [-0.39, 0.29) is 5.28 Å². The van der Waals surface area contributed by atoms with Crippen molar-refractivity contribution in [1.29, 1.82) is 0 Å². The molecule has 1 aliphatic carbocycles. The quantitative estimate of drug-likeness (QED) is 0.797. The topological polar surface area (TPSA) is 63.8 Å². The Kier molecular flexibility index (Phi) is 3.72. The average molecular weight is 255 g/mol. The highest BCUT2D eigenvalue weighted by atomic mass is 35.5. The van der Waals surface area contributed by atoms with Crippen molar-refractivity contribution in [3.63, 3.8) is 0 Å². The van der Waals surface area contributed by atoms with Crippen molar-refractivity contribution in [1.82, 2.24) is 9.97 Å². The lowest BCUT2D eigenvalue weighted by molar-refractivity contribution is 0.280. The molecule has 0 saturated heterocycles. The second-order valence-electron chi connectivity index (χ2n) is 5.20. The summed E-state index contributed by atoms with van der Waals surface area (Å²) in [5.74, 6) is 2.15. The van der Waals surface area contributed by atoms with Gasteiger partial charge in [-0.05, 0) is 42.7 Å². The minimum atomic E-state index is 0.235. The zero-order valence-corrected chi connectivity index (χ0v) is 11.0. The van der Waals surface area contributed by atoms with Gasteiger partial charge in [0.25, 0.3) is 0 Å². The van der Waals surface area contributed by atoms with E-state index in [1.807, 2.05) is 0 Å². The fourth-order valence-corrected chi connectivity index (χ4v) is 2.88. The molecule has 0 spiro atoms. The fraction of sp³-hybridized carbons (Fsp3) is 0.667. The van der Waals surface area contributed by atoms with Crippen molar-refractivity contribution in [3.05, 3.63) is 11.5 Å². The number of nitrogen functional groups attached to an aromatic ring is 1. The Hall–Kier alpha value is -1.03. The van der Waals surface area contributed by atoms with Crippen LogP contribution in [0.25, 0.3) is 0 Å². The first kappa shape index (κ1) is 12.4. The Morgan fingerprint density at radius 2 is 1.94 bits per heavy atom. The van der Waals surface area contributed by atoms with Gasteiger partial charge in [-0.15, -0.1) is 0 Å². The van der Waals surface area contributed by atoms with Crippen LogP contribution in [0.5, 0.6) is 0 Å². The molecule has 0 aromatic carbocycles. The highest BCUT2D eigenvalue weighted by Gasteiger charge is 2.24. The Balaban J connectivity index is 2.07. The van der Waals surface area contributed by atoms with E-state index in [4.69, 9.17) is 17.3 Å². The van der Waals surface area contributed by atoms with E-state index in [0.717, 1.165) is 24.7 Å². The maximum atomic E-state index is 5.83. The molecule has 2 rings (SSSR count). The molecule has 1 aliphatic rings. The largest absolute Gasteiger partial charge is 0.394 e. The standard InChI is InChI=1S/C12H19ClN4/c1-7-3-8(2)5-9(4-7)16-11-10(14)6-15-12(13)17-11/h6-9H,3-5,14H2,1-2H3,(H,15,16,17). The molecule has 1 saturated carbocycles. The molecule has 1 heterocycles. The number of nitrogens with zero attached hydrogens (tertiary/aromatic N) is 2. The molecule has 3 N–H and O–H groups in total. The molecule has 1 fully saturated rings. The van der Waals surface area contributed by atoms with Crippen molar-refractivity contribution in [2.75, 3.05) is 11.1 Å². The second kappa shape index (κ2) is 5.08. The van der Waals surface area contributed by atoms with E-state index >= 15 is 0 Å². The number of hydrogen-bond acceptors (Lipinski definition) is 4. The van der Waals surface area contributed by atoms with Crippen LogP contribution in [0.2, 0.25) is 5.28 Å². The van der Waals surface area contributed by atoms with E-state index in [9.17, 15) is 0 Å². The van der Waals surface area contributed by atoms with Crippen molar-refractivity contribution >= 4 is 23.1 Å². The lowest BCUT2D eigenvalue weighted by Crippen LogP contribution is -2.30. The van der Waals surface area contributed by atoms with Crippen molar-refractivity contribution in [2.45, 2.75) is 39.2 Å². The van der Waals surface area contributed by atoms with E-state index in [0.29, 0.717) is 17.5 Å². The third kappa shape index (κ3) is 3.22. The van der Waals surface area contributed by atoms with Gasteiger partial charge in [0.15, 0.2) is 5.82 Å². The smallest absolute Gasteiger partial charge is 0.224 e. The molecule has 4 nitrogen and oxygen atoms in total. The van der Waals surface area contributed by atoms with E-state index in [1.165, 1.54) is 6.42 Å². The summed E-state index contributed by atoms with van der Waals surface area (Å²) in [6, 6.07) is 0.432. The zero-order valence-electron chi connectivity index (χ0n) is 10.3. The van der Waals surface area contributed by atoms with Gasteiger partial charge < -0.3 is 11.1 Å². The van der Waals surface area contributed by atoms with Gasteiger partial charge in [0.05, 0.1) is 11.9 Å². The number of aromatic nitrogens is 2. The Bertz CT molecular complexity index is 386. The summed E-state index contributed by atoms with van der Waals surface area (Å²) in [6.45, 7) is 4.58. The lowest BCUT2D eigenvalue weighted by Gasteiger charge is -2.32. The van der Waals surface area contributed by atoms with Crippen LogP contribution in [0, 0.1) is 11.8 Å². The van der Waals surface area contributed by atoms with Gasteiger partial charge in [-0.1, -0.05) is 13.8 Å². The molecule has 2 unspecified atom stereocenters. The maximum absolute atomic E-state index is 5.83. The summed E-state index contributed by atoms with van der Waals surface area (Å²) in [4.78, 5) is 7.99. The van der Waals surface area contributed by atoms with Gasteiger partial charge in [0, 0.05) is 6.04 Å². The predicted octanol–water partition coefficient (Wildman–Crippen LogP) is 2.95. The molecule has 0 amide bonds. The third-order valence-electron chi connectivity index (χ3n) is 3.31. The monoisotopic (exact) mass is 254 g/mol. The molecule has 2 atom stereocenters. The van der Waals surface area contributed by atoms with Crippen molar-refractivity contribution in [2.24, 2.45) is 11.8 Å². The first-order valence-corrected chi connectivity index (χ1v) is 6.47. The zero-order chi connectivity index (χ0) is 12.4. The molecule has 1 aromatic heterocycles. The minimum Gasteiger partial charge on any atom is -0.394 e. The van der Waals surface area contributed by atoms with Gasteiger partial charge in [-0.25, -0.2) is 4.98 Å². The third-order valence-corrected chi connectivity index (χ3v) is 3.49. The van der Waals surface area contributed by atoms with Crippen LogP contribution in [0.15, 0.2) is 6.20 Å². The molecule has 1 aromatic rings. The first-order valence-electron chi connectivity index (χ1n) is 6.09. The predicted molar refractivity (Wildman–Crippen MR) is 71.0 cm³/mol. The van der Waals surface area contributed by atoms with Crippen LogP contribution in [0.3, 0.4) is 0 Å². The average Bonchev–Trinajstić information content (AvgIpc) is 2.22. The second-order valence-corrected chi connectivity index (χ2v) is 5.54. The SMILES string of the molecule is CC1CC(C)CC(Nc2nc(Cl)ncc2N)C1. The molecule has 0 bridgehead atoms. The van der Waals surface area contributed by atoms with Crippen LogP contribution in [0.1, 0.15) is 33.1 Å². The van der Waals surface area contributed by atoms with Gasteiger partial charge in [-0.3, -0.25) is 0 Å². The van der Waals surface area contributed by atoms with Crippen LogP contribution in [-0.2, 0) is 0 Å². The van der Waals surface area contributed by atoms with E-state index < -0.39 is 0 Å². The Labute approximate surface area is 107 Å². The summed E-state index contributed by atoms with van der Waals surface area (Å²) in [6.07, 6.45) is 5.17. The van der Waals surface area contributed by atoms with Gasteiger partial charge in [0.1, 0.15) is 0 Å². The summed E-state index contributed by atoms with van der Waals surface area (Å²) in [5, 5.41) is 3.63. The first-order chi connectivity index (χ1) is 8.04. The molecule has 0 aliphatic heterocycles. The minimum absolute atomic E-state index is 0.235. The van der Waals surface area contributed by atoms with Crippen molar-refractivity contribution in [3.8, 4) is 0 Å². The van der Waals surface area contributed by atoms with Crippen LogP contribution in [0.4, 0.5) is 11.5 Å². The van der Waals surface area contributed by atoms with E-state index in [2.05, 4.69) is 29.1 Å². The number of nitrogens with one attached hydrogen (secondary N) is 1. The normalized spacial score (nSPS) is 29.0. The number of halogens is 1. The molecule has 5 heteroatoms. The molecular formula is C12H19ClN4. The summed E-state index contributed by atoms with van der Waals surface area (Å²) in [5.41, 5.74) is 6.39. The van der Waals surface area contributed by atoms with Crippen LogP contribution in [-0.4, -0.2) is 16.0 Å². The summed E-state index contributed by atoms with van der Waals surface area (Å²) < 4.78 is 0.